The first-order valence-electron chi connectivity index (χ1n) is 25.2. The zero-order valence-electron chi connectivity index (χ0n) is 41.3. The Bertz CT molecular complexity index is 3170. The van der Waals surface area contributed by atoms with Crippen molar-refractivity contribution < 1.29 is 12.4 Å². The molecule has 10 heteroatoms. The zero-order valence-corrected chi connectivity index (χ0v) is 41.3. The van der Waals surface area contributed by atoms with E-state index in [-0.39, 0.29) is 14.7 Å². The predicted molar refractivity (Wildman–Crippen MR) is 290 cm³/mol. The van der Waals surface area contributed by atoms with Crippen molar-refractivity contribution in [3.05, 3.63) is 156 Å². The summed E-state index contributed by atoms with van der Waals surface area (Å²) in [5.74, 6) is -0.215. The summed E-state index contributed by atoms with van der Waals surface area (Å²) < 4.78 is 0. The van der Waals surface area contributed by atoms with Crippen molar-refractivity contribution >= 4 is 33.9 Å². The lowest BCUT2D eigenvalue weighted by molar-refractivity contribution is 0.0934. The van der Waals surface area contributed by atoms with E-state index in [4.69, 9.17) is 19.9 Å². The van der Waals surface area contributed by atoms with Crippen molar-refractivity contribution in [2.24, 2.45) is 0 Å². The average molecular weight is 933 g/mol. The van der Waals surface area contributed by atoms with Gasteiger partial charge in [0, 0.05) is 68.5 Å². The maximum Gasteiger partial charge on any atom is 0.251 e. The number of carbonyl (C=O) groups is 2. The summed E-state index contributed by atoms with van der Waals surface area (Å²) in [6, 6.07) is 45.3. The number of hydrogen-bond donors (Lipinski definition) is 2. The van der Waals surface area contributed by atoms with Crippen LogP contribution in [-0.4, -0.2) is 93.4 Å². The summed E-state index contributed by atoms with van der Waals surface area (Å²) in [6.07, 6.45) is 6.14. The summed E-state index contributed by atoms with van der Waals surface area (Å²) in [7, 11) is 0. The molecule has 1 atom stereocenters. The molecule has 2 N–H and O–H groups in total. The summed E-state index contributed by atoms with van der Waals surface area (Å²) in [5.41, 5.74) is 14.9. The van der Waals surface area contributed by atoms with E-state index < -0.39 is 0 Å². The molecule has 10 rings (SSSR count). The van der Waals surface area contributed by atoms with E-state index in [9.17, 15) is 9.59 Å². The molecule has 0 saturated carbocycles. The fourth-order valence-corrected chi connectivity index (χ4v) is 9.81. The molecule has 8 aromatic rings. The molecule has 2 saturated heterocycles. The molecule has 0 bridgehead atoms. The molecule has 2 aromatic heterocycles. The Labute approximate surface area is 415 Å². The number of likely N-dealkylation sites (tertiary alicyclic amines) is 2. The van der Waals surface area contributed by atoms with Gasteiger partial charge < -0.3 is 15.5 Å². The number of nitrogens with zero attached hydrogens (tertiary/aromatic N) is 6. The smallest absolute Gasteiger partial charge is 0.251 e. The predicted octanol–water partition coefficient (Wildman–Crippen LogP) is 12.5. The normalized spacial score (nSPS) is 15.1. The largest absolute Gasteiger partial charge is 0.351 e. The molecule has 70 heavy (non-hydrogen) atoms. The monoisotopic (exact) mass is 933 g/mol. The quantitative estimate of drug-likeness (QED) is 0.117. The van der Waals surface area contributed by atoms with E-state index in [1.807, 2.05) is 62.4 Å². The Morgan fingerprint density at radius 2 is 0.914 bits per heavy atom. The van der Waals surface area contributed by atoms with Crippen molar-refractivity contribution in [2.75, 3.05) is 45.8 Å². The lowest BCUT2D eigenvalue weighted by Crippen LogP contribution is -2.42. The maximum atomic E-state index is 13.5. The van der Waals surface area contributed by atoms with Crippen LogP contribution >= 0.6 is 0 Å². The molecule has 2 aliphatic rings. The van der Waals surface area contributed by atoms with Gasteiger partial charge in [-0.15, -0.1) is 0 Å². The number of piperidine rings is 1. The van der Waals surface area contributed by atoms with Crippen LogP contribution in [-0.2, 0) is 0 Å². The highest BCUT2D eigenvalue weighted by atomic mass is 16.2. The SMILES string of the molecule is CC.Cc1cccc(-c2nc3ccc(C(=O)NCCN4CCCC4)cc3nc2-c2cccc(-c3cccc(-c4nc5ccc(C(=O)NCCN6CCCCC6C)cc5nc4-c4cccc(C)c4)c3)c2)c1.[HH].[HH]. The molecular weight excluding hydrogens is 865 g/mol. The lowest BCUT2D eigenvalue weighted by Gasteiger charge is -2.33. The minimum absolute atomic E-state index is 0. The van der Waals surface area contributed by atoms with Crippen molar-refractivity contribution in [3.8, 4) is 56.2 Å². The van der Waals surface area contributed by atoms with Crippen LogP contribution in [0.25, 0.3) is 78.2 Å². The number of rotatable bonds is 13. The number of aryl methyl sites for hydroxylation is 2. The fraction of sp³-hybridized carbons (Fsp3) is 0.300. The third-order valence-corrected chi connectivity index (χ3v) is 13.6. The molecule has 2 fully saturated rings. The van der Waals surface area contributed by atoms with Crippen molar-refractivity contribution in [3.63, 3.8) is 0 Å². The van der Waals surface area contributed by atoms with E-state index in [1.54, 1.807) is 0 Å². The summed E-state index contributed by atoms with van der Waals surface area (Å²) in [6.45, 7) is 16.6. The van der Waals surface area contributed by atoms with Gasteiger partial charge in [0.25, 0.3) is 11.8 Å². The molecule has 2 amide bonds. The lowest BCUT2D eigenvalue weighted by atomic mass is 9.95. The number of nitrogens with one attached hydrogen (secondary N) is 2. The van der Waals surface area contributed by atoms with Gasteiger partial charge in [-0.05, 0) is 138 Å². The Morgan fingerprint density at radius 3 is 1.39 bits per heavy atom. The molecule has 4 heterocycles. The molecular formula is C60H68N8O2. The highest BCUT2D eigenvalue weighted by molar-refractivity contribution is 5.99. The average Bonchev–Trinajstić information content (AvgIpc) is 3.92. The number of benzene rings is 6. The standard InChI is InChI=1S/C58H58N8O2.C2H6.2H2/c1-38-12-8-17-43(32-38)53-56(64-52-36-47(21-23-49(52)61-53)57(67)59-25-30-65-27-6-7-28-65)46-20-11-16-42(35-46)41-15-10-19-45(34-41)55-54(44-18-9-13-39(2)33-44)63-51-37-48(22-24-50(51)62-55)58(68)60-26-31-66-29-5-4-14-40(66)3;1-2;;/h8-13,15-24,32-37,40H,4-7,14,25-31H2,1-3H3,(H,59,67)(H,60,68);1-2H3;2*1H. The van der Waals surface area contributed by atoms with E-state index in [0.717, 1.165) is 106 Å². The highest BCUT2D eigenvalue weighted by Gasteiger charge is 2.21. The van der Waals surface area contributed by atoms with Gasteiger partial charge >= 0.3 is 0 Å². The fourth-order valence-electron chi connectivity index (χ4n) is 9.81. The summed E-state index contributed by atoms with van der Waals surface area (Å²) in [4.78, 5) is 52.7. The second-order valence-corrected chi connectivity index (χ2v) is 18.6. The third kappa shape index (κ3) is 11.0. The number of carbonyl (C=O) groups excluding carboxylic acids is 2. The van der Waals surface area contributed by atoms with Crippen LogP contribution in [0.5, 0.6) is 0 Å². The molecule has 2 aliphatic heterocycles. The van der Waals surface area contributed by atoms with Gasteiger partial charge in [-0.1, -0.05) is 104 Å². The first kappa shape index (κ1) is 47.9. The van der Waals surface area contributed by atoms with Gasteiger partial charge in [0.2, 0.25) is 0 Å². The van der Waals surface area contributed by atoms with E-state index in [1.165, 1.54) is 32.1 Å². The maximum absolute atomic E-state index is 13.5. The van der Waals surface area contributed by atoms with Crippen molar-refractivity contribution in [1.82, 2.24) is 40.4 Å². The Kier molecular flexibility index (Phi) is 15.1. The summed E-state index contributed by atoms with van der Waals surface area (Å²) in [5, 5.41) is 6.26. The first-order valence-corrected chi connectivity index (χ1v) is 25.2. The van der Waals surface area contributed by atoms with Gasteiger partial charge in [-0.25, -0.2) is 19.9 Å². The first-order chi connectivity index (χ1) is 34.2. The van der Waals surface area contributed by atoms with Gasteiger partial charge in [-0.2, -0.15) is 0 Å². The molecule has 360 valence electrons. The molecule has 10 nitrogen and oxygen atoms in total. The van der Waals surface area contributed by atoms with Crippen molar-refractivity contribution in [2.45, 2.75) is 72.8 Å². The zero-order chi connectivity index (χ0) is 48.6. The van der Waals surface area contributed by atoms with Crippen LogP contribution in [0, 0.1) is 13.8 Å². The number of amides is 2. The Morgan fingerprint density at radius 1 is 0.500 bits per heavy atom. The molecule has 6 aromatic carbocycles. The Hall–Kier alpha value is -7.14. The van der Waals surface area contributed by atoms with E-state index in [2.05, 4.69) is 126 Å². The van der Waals surface area contributed by atoms with Crippen LogP contribution in [0.15, 0.2) is 133 Å². The third-order valence-electron chi connectivity index (χ3n) is 13.6. The molecule has 0 aliphatic carbocycles. The van der Waals surface area contributed by atoms with Gasteiger partial charge in [-0.3, -0.25) is 14.5 Å². The minimum atomic E-state index is -0.110. The Balaban J connectivity index is 0.00000188. The number of aromatic nitrogens is 4. The molecule has 1 unspecified atom stereocenters. The second kappa shape index (κ2) is 22.1. The van der Waals surface area contributed by atoms with Crippen LogP contribution in [0.4, 0.5) is 0 Å². The summed E-state index contributed by atoms with van der Waals surface area (Å²) >= 11 is 0. The number of hydrogen-bond acceptors (Lipinski definition) is 8. The second-order valence-electron chi connectivity index (χ2n) is 18.6. The highest BCUT2D eigenvalue weighted by Crippen LogP contribution is 2.37. The topological polar surface area (TPSA) is 116 Å². The van der Waals surface area contributed by atoms with Gasteiger partial charge in [0.1, 0.15) is 0 Å². The van der Waals surface area contributed by atoms with E-state index in [0.29, 0.717) is 46.8 Å². The van der Waals surface area contributed by atoms with Crippen LogP contribution in [0.3, 0.4) is 0 Å². The van der Waals surface area contributed by atoms with E-state index >= 15 is 0 Å². The molecule has 0 spiro atoms. The minimum Gasteiger partial charge on any atom is -0.351 e. The van der Waals surface area contributed by atoms with Crippen LogP contribution in [0.1, 0.15) is 87.6 Å². The van der Waals surface area contributed by atoms with Gasteiger partial charge in [0.15, 0.2) is 0 Å². The van der Waals surface area contributed by atoms with Crippen LogP contribution < -0.4 is 10.6 Å². The number of fused-ring (bicyclic) bond motifs is 2. The van der Waals surface area contributed by atoms with Crippen molar-refractivity contribution in [1.29, 1.82) is 0 Å². The van der Waals surface area contributed by atoms with Gasteiger partial charge in [0.05, 0.1) is 44.8 Å². The van der Waals surface area contributed by atoms with Crippen LogP contribution in [0.2, 0.25) is 0 Å². The molecule has 0 radical (unpaired) electrons.